The van der Waals surface area contributed by atoms with E-state index < -0.39 is 16.8 Å². The fourth-order valence-corrected chi connectivity index (χ4v) is 4.37. The molecule has 0 saturated heterocycles. The number of hydrogen-bond donors (Lipinski definition) is 6. The van der Waals surface area contributed by atoms with E-state index in [1.165, 1.54) is 18.0 Å². The molecule has 15 heteroatoms. The number of imidazole rings is 1. The number of rotatable bonds is 19. The second-order valence-corrected chi connectivity index (χ2v) is 11.5. The third-order valence-corrected chi connectivity index (χ3v) is 6.79. The lowest BCUT2D eigenvalue weighted by Gasteiger charge is -2.28. The van der Waals surface area contributed by atoms with Crippen LogP contribution in [0.15, 0.2) is 39.1 Å². The van der Waals surface area contributed by atoms with Crippen LogP contribution < -0.4 is 21.9 Å². The quantitative estimate of drug-likeness (QED) is 0.0452. The number of nitrogens with one attached hydrogen (secondary N) is 4. The van der Waals surface area contributed by atoms with Crippen molar-refractivity contribution in [2.45, 2.75) is 63.4 Å². The third-order valence-electron chi connectivity index (χ3n) is 5.81. The molecule has 0 fully saturated rings. The highest BCUT2D eigenvalue weighted by Gasteiger charge is 2.22. The Morgan fingerprint density at radius 1 is 1.29 bits per heavy atom. The summed E-state index contributed by atoms with van der Waals surface area (Å²) in [7, 11) is 0. The van der Waals surface area contributed by atoms with Crippen LogP contribution in [0, 0.1) is 17.9 Å². The molecular formula is C27H41N9O5S. The molecule has 0 aromatic carbocycles. The first-order valence-corrected chi connectivity index (χ1v) is 14.3. The number of ether oxygens (including phenoxy) is 2. The number of thioether (sulfide) groups is 1. The van der Waals surface area contributed by atoms with Gasteiger partial charge in [-0.25, -0.2) is 10.5 Å². The van der Waals surface area contributed by atoms with E-state index in [4.69, 9.17) is 32.3 Å². The molecule has 0 bridgehead atoms. The zero-order valence-electron chi connectivity index (χ0n) is 24.5. The fourth-order valence-electron chi connectivity index (χ4n) is 3.51. The number of aliphatic hydroxyl groups excluding tert-OH is 1. The van der Waals surface area contributed by atoms with E-state index >= 15 is 0 Å². The highest BCUT2D eigenvalue weighted by Crippen LogP contribution is 2.22. The van der Waals surface area contributed by atoms with Gasteiger partial charge in [0.15, 0.2) is 16.3 Å². The lowest BCUT2D eigenvalue weighted by molar-refractivity contribution is -0.119. The van der Waals surface area contributed by atoms with Crippen LogP contribution in [-0.4, -0.2) is 80.4 Å². The number of nitrogen functional groups attached to an aromatic ring is 1. The Balaban J connectivity index is 1.80. The summed E-state index contributed by atoms with van der Waals surface area (Å²) >= 11 is 1.34. The molecule has 0 aliphatic carbocycles. The Kier molecular flexibility index (Phi) is 13.7. The van der Waals surface area contributed by atoms with Gasteiger partial charge in [-0.05, 0) is 34.1 Å². The number of nitrogens with two attached hydrogens (primary N) is 1. The maximum Gasteiger partial charge on any atom is 0.280 e. The Morgan fingerprint density at radius 3 is 2.74 bits per heavy atom. The van der Waals surface area contributed by atoms with E-state index in [1.54, 1.807) is 16.7 Å². The van der Waals surface area contributed by atoms with Crippen LogP contribution in [0.25, 0.3) is 11.2 Å². The molecule has 0 aliphatic rings. The number of aromatic amines is 1. The van der Waals surface area contributed by atoms with E-state index in [0.717, 1.165) is 0 Å². The van der Waals surface area contributed by atoms with Crippen molar-refractivity contribution in [1.82, 2.24) is 30.2 Å². The largest absolute Gasteiger partial charge is 0.392 e. The van der Waals surface area contributed by atoms with Crippen LogP contribution >= 0.6 is 11.8 Å². The standard InChI is InChI=1S/C27H41N9O5S/c1-6-9-26(2,3)40-14-10-27(4,5)41-18-19(35-29)16-30-17-20(38)31-11-15-42-25-32-21-22(33-24(28)34-23(21)39)36(25)12-7-8-13-37/h1,7-8,16,29-30,37H,9-15,17-18H2,2-5H3,(H,31,38)(H3,28,33,34,39)/b8-7?,19-16-,35-29?. The second kappa shape index (κ2) is 16.7. The van der Waals surface area contributed by atoms with Crippen molar-refractivity contribution in [2.75, 3.05) is 44.4 Å². The first-order valence-electron chi connectivity index (χ1n) is 13.3. The van der Waals surface area contributed by atoms with Gasteiger partial charge in [0.2, 0.25) is 11.9 Å². The number of carbonyl (C=O) groups excluding carboxylic acids is 1. The minimum Gasteiger partial charge on any atom is -0.392 e. The number of nitrogens with zero attached hydrogens (tertiary/aromatic N) is 4. The Morgan fingerprint density at radius 2 is 2.05 bits per heavy atom. The van der Waals surface area contributed by atoms with Crippen molar-refractivity contribution in [1.29, 1.82) is 5.53 Å². The van der Waals surface area contributed by atoms with Gasteiger partial charge in [-0.3, -0.25) is 19.1 Å². The summed E-state index contributed by atoms with van der Waals surface area (Å²) in [6.07, 6.45) is 11.3. The number of hydrogen-bond acceptors (Lipinski definition) is 12. The molecule has 7 N–H and O–H groups in total. The molecule has 14 nitrogen and oxygen atoms in total. The van der Waals surface area contributed by atoms with E-state index in [-0.39, 0.29) is 37.1 Å². The molecule has 0 saturated carbocycles. The first kappa shape index (κ1) is 34.5. The summed E-state index contributed by atoms with van der Waals surface area (Å²) in [5, 5.41) is 18.7. The average Bonchev–Trinajstić information content (AvgIpc) is 3.26. The number of aromatic nitrogens is 4. The monoisotopic (exact) mass is 603 g/mol. The molecular weight excluding hydrogens is 562 g/mol. The van der Waals surface area contributed by atoms with Crippen molar-refractivity contribution >= 4 is 34.8 Å². The van der Waals surface area contributed by atoms with Crippen molar-refractivity contribution in [3.05, 3.63) is 34.4 Å². The van der Waals surface area contributed by atoms with Gasteiger partial charge in [-0.15, -0.1) is 12.3 Å². The fraction of sp³-hybridized carbons (Fsp3) is 0.556. The van der Waals surface area contributed by atoms with Crippen LogP contribution in [-0.2, 0) is 20.8 Å². The molecule has 2 heterocycles. The average molecular weight is 604 g/mol. The highest BCUT2D eigenvalue weighted by molar-refractivity contribution is 7.99. The van der Waals surface area contributed by atoms with Gasteiger partial charge in [0.05, 0.1) is 37.6 Å². The molecule has 230 valence electrons. The van der Waals surface area contributed by atoms with Gasteiger partial charge in [0.1, 0.15) is 5.70 Å². The van der Waals surface area contributed by atoms with E-state index in [9.17, 15) is 9.59 Å². The summed E-state index contributed by atoms with van der Waals surface area (Å²) in [5.74, 6) is 2.81. The molecule has 2 aromatic heterocycles. The Hall–Kier alpha value is -3.71. The zero-order chi connectivity index (χ0) is 31.2. The Labute approximate surface area is 249 Å². The molecule has 0 unspecified atom stereocenters. The summed E-state index contributed by atoms with van der Waals surface area (Å²) < 4.78 is 13.5. The van der Waals surface area contributed by atoms with Crippen molar-refractivity contribution in [3.8, 4) is 12.3 Å². The van der Waals surface area contributed by atoms with Crippen molar-refractivity contribution in [3.63, 3.8) is 0 Å². The van der Waals surface area contributed by atoms with Crippen molar-refractivity contribution < 1.29 is 19.4 Å². The minimum absolute atomic E-state index is 0.0196. The van der Waals surface area contributed by atoms with Gasteiger partial charge in [-0.1, -0.05) is 23.9 Å². The lowest BCUT2D eigenvalue weighted by atomic mass is 10.0. The lowest BCUT2D eigenvalue weighted by Crippen LogP contribution is -2.33. The number of amides is 1. The van der Waals surface area contributed by atoms with Crippen LogP contribution in [0.1, 0.15) is 40.5 Å². The van der Waals surface area contributed by atoms with E-state index in [2.05, 4.69) is 36.6 Å². The van der Waals surface area contributed by atoms with Crippen LogP contribution in [0.4, 0.5) is 5.95 Å². The molecule has 42 heavy (non-hydrogen) atoms. The Bertz CT molecular complexity index is 1360. The summed E-state index contributed by atoms with van der Waals surface area (Å²) in [6.45, 7) is 8.83. The first-order chi connectivity index (χ1) is 19.9. The van der Waals surface area contributed by atoms with Gasteiger partial charge in [0, 0.05) is 31.5 Å². The predicted molar refractivity (Wildman–Crippen MR) is 162 cm³/mol. The summed E-state index contributed by atoms with van der Waals surface area (Å²) in [4.78, 5) is 35.5. The number of fused-ring (bicyclic) bond motifs is 1. The number of terminal acetylenes is 1. The maximum absolute atomic E-state index is 12.3. The SMILES string of the molecule is C#CCC(C)(C)OCCC(C)(C)OC/C(=C/NCC(=O)NCCSc1nc2c(=O)[nH]c(N)nc2n1CC=CCO)N=N. The topological polar surface area (TPSA) is 206 Å². The van der Waals surface area contributed by atoms with Crippen molar-refractivity contribution in [2.24, 2.45) is 5.11 Å². The third kappa shape index (κ3) is 11.6. The van der Waals surface area contributed by atoms with Gasteiger partial charge < -0.3 is 30.9 Å². The molecule has 0 radical (unpaired) electrons. The molecule has 0 atom stereocenters. The van der Waals surface area contributed by atoms with Gasteiger partial charge in [0.25, 0.3) is 5.56 Å². The highest BCUT2D eigenvalue weighted by atomic mass is 32.2. The van der Waals surface area contributed by atoms with E-state index in [1.807, 2.05) is 27.7 Å². The summed E-state index contributed by atoms with van der Waals surface area (Å²) in [6, 6.07) is 0. The van der Waals surface area contributed by atoms with Gasteiger partial charge >= 0.3 is 0 Å². The minimum atomic E-state index is -0.517. The number of allylic oxidation sites excluding steroid dienone is 1. The van der Waals surface area contributed by atoms with Crippen LogP contribution in [0.2, 0.25) is 0 Å². The van der Waals surface area contributed by atoms with Crippen LogP contribution in [0.3, 0.4) is 0 Å². The van der Waals surface area contributed by atoms with E-state index in [0.29, 0.717) is 54.8 Å². The number of aliphatic hydroxyl groups is 1. The van der Waals surface area contributed by atoms with Gasteiger partial charge in [-0.2, -0.15) is 10.1 Å². The zero-order valence-corrected chi connectivity index (χ0v) is 25.3. The predicted octanol–water partition coefficient (Wildman–Crippen LogP) is 1.92. The normalized spacial score (nSPS) is 12.5. The molecule has 2 rings (SSSR count). The maximum atomic E-state index is 12.3. The second-order valence-electron chi connectivity index (χ2n) is 10.4. The number of anilines is 1. The molecule has 1 amide bonds. The van der Waals surface area contributed by atoms with Crippen LogP contribution in [0.5, 0.6) is 0 Å². The molecule has 2 aromatic rings. The molecule has 0 aliphatic heterocycles. The number of H-pyrrole nitrogens is 1. The summed E-state index contributed by atoms with van der Waals surface area (Å²) in [5.41, 5.74) is 12.6. The smallest absolute Gasteiger partial charge is 0.280 e. The molecule has 0 spiro atoms. The number of carbonyl (C=O) groups is 1.